The number of halogens is 1. The van der Waals surface area contributed by atoms with Crippen LogP contribution in [0.25, 0.3) is 11.0 Å². The van der Waals surface area contributed by atoms with Crippen LogP contribution in [-0.4, -0.2) is 5.24 Å². The predicted octanol–water partition coefficient (Wildman–Crippen LogP) is 3.43. The summed E-state index contributed by atoms with van der Waals surface area (Å²) in [6.45, 7) is 3.77. The minimum atomic E-state index is -0.543. The first-order valence-corrected chi connectivity index (χ1v) is 4.67. The van der Waals surface area contributed by atoms with Gasteiger partial charge in [-0.2, -0.15) is 0 Å². The highest BCUT2D eigenvalue weighted by Crippen LogP contribution is 2.28. The van der Waals surface area contributed by atoms with E-state index in [-0.39, 0.29) is 5.76 Å². The monoisotopic (exact) mass is 208 g/mol. The molecule has 1 aromatic carbocycles. The first-order chi connectivity index (χ1) is 6.61. The molecule has 0 saturated heterocycles. The molecule has 0 spiro atoms. The van der Waals surface area contributed by atoms with Crippen molar-refractivity contribution >= 4 is 27.8 Å². The number of benzene rings is 1. The number of aryl methyl sites for hydroxylation is 2. The van der Waals surface area contributed by atoms with Crippen molar-refractivity contribution in [2.75, 3.05) is 0 Å². The van der Waals surface area contributed by atoms with Crippen molar-refractivity contribution in [1.82, 2.24) is 0 Å². The smallest absolute Gasteiger partial charge is 0.288 e. The highest BCUT2D eigenvalue weighted by atomic mass is 35.5. The summed E-state index contributed by atoms with van der Waals surface area (Å²) in [4.78, 5) is 11.0. The lowest BCUT2D eigenvalue weighted by atomic mass is 10.1. The molecule has 0 atom stereocenters. The first-order valence-electron chi connectivity index (χ1n) is 4.30. The van der Waals surface area contributed by atoms with Gasteiger partial charge in [-0.3, -0.25) is 4.79 Å². The first kappa shape index (κ1) is 9.28. The van der Waals surface area contributed by atoms with E-state index in [0.717, 1.165) is 22.1 Å². The second-order valence-electron chi connectivity index (χ2n) is 3.28. The van der Waals surface area contributed by atoms with Gasteiger partial charge in [0.05, 0.1) is 0 Å². The quantitative estimate of drug-likeness (QED) is 0.673. The number of rotatable bonds is 1. The third-order valence-electron chi connectivity index (χ3n) is 2.34. The summed E-state index contributed by atoms with van der Waals surface area (Å²) in [5.41, 5.74) is 2.56. The Balaban J connectivity index is 2.86. The fraction of sp³-hybridized carbons (Fsp3) is 0.182. The van der Waals surface area contributed by atoms with Crippen LogP contribution in [0.1, 0.15) is 21.7 Å². The molecule has 0 radical (unpaired) electrons. The standard InChI is InChI=1S/C11H9ClO2/c1-6-4-3-5-8-7(2)10(11(12)13)14-9(6)8/h3-5H,1-2H3. The molecule has 0 N–H and O–H groups in total. The Hall–Kier alpha value is -1.28. The lowest BCUT2D eigenvalue weighted by Gasteiger charge is -1.91. The van der Waals surface area contributed by atoms with Crippen LogP contribution in [0, 0.1) is 13.8 Å². The van der Waals surface area contributed by atoms with Crippen molar-refractivity contribution in [3.63, 3.8) is 0 Å². The van der Waals surface area contributed by atoms with E-state index in [0.29, 0.717) is 0 Å². The molecule has 14 heavy (non-hydrogen) atoms. The van der Waals surface area contributed by atoms with Gasteiger partial charge in [-0.25, -0.2) is 0 Å². The molecule has 2 rings (SSSR count). The number of carbonyl (C=O) groups excluding carboxylic acids is 1. The Morgan fingerprint density at radius 3 is 2.64 bits per heavy atom. The third kappa shape index (κ3) is 1.23. The summed E-state index contributed by atoms with van der Waals surface area (Å²) in [7, 11) is 0. The van der Waals surface area contributed by atoms with Crippen LogP contribution in [0.5, 0.6) is 0 Å². The minimum absolute atomic E-state index is 0.246. The summed E-state index contributed by atoms with van der Waals surface area (Å²) >= 11 is 5.40. The lowest BCUT2D eigenvalue weighted by Crippen LogP contribution is -1.86. The highest BCUT2D eigenvalue weighted by molar-refractivity contribution is 6.67. The average Bonchev–Trinajstić information content (AvgIpc) is 2.46. The van der Waals surface area contributed by atoms with Crippen molar-refractivity contribution in [2.45, 2.75) is 13.8 Å². The molecule has 0 bridgehead atoms. The number of hydrogen-bond donors (Lipinski definition) is 0. The molecule has 2 nitrogen and oxygen atoms in total. The topological polar surface area (TPSA) is 30.2 Å². The molecule has 72 valence electrons. The van der Waals surface area contributed by atoms with Gasteiger partial charge in [-0.1, -0.05) is 18.2 Å². The fourth-order valence-corrected chi connectivity index (χ4v) is 1.75. The van der Waals surface area contributed by atoms with Gasteiger partial charge in [-0.15, -0.1) is 0 Å². The van der Waals surface area contributed by atoms with Crippen LogP contribution >= 0.6 is 11.6 Å². The molecule has 1 heterocycles. The van der Waals surface area contributed by atoms with E-state index in [9.17, 15) is 4.79 Å². The van der Waals surface area contributed by atoms with E-state index in [1.54, 1.807) is 0 Å². The molecule has 3 heteroatoms. The Kier molecular flexibility index (Phi) is 2.08. The Labute approximate surface area is 86.5 Å². The molecule has 0 fully saturated rings. The highest BCUT2D eigenvalue weighted by Gasteiger charge is 2.16. The number of hydrogen-bond acceptors (Lipinski definition) is 2. The van der Waals surface area contributed by atoms with Gasteiger partial charge >= 0.3 is 0 Å². The maximum absolute atomic E-state index is 11.0. The van der Waals surface area contributed by atoms with Crippen molar-refractivity contribution in [3.05, 3.63) is 35.1 Å². The zero-order valence-electron chi connectivity index (χ0n) is 7.93. The maximum Gasteiger partial charge on any atom is 0.288 e. The van der Waals surface area contributed by atoms with E-state index in [2.05, 4.69) is 0 Å². The summed E-state index contributed by atoms with van der Waals surface area (Å²) in [5.74, 6) is 0.246. The molecule has 1 aromatic heterocycles. The van der Waals surface area contributed by atoms with Gasteiger partial charge < -0.3 is 4.42 Å². The lowest BCUT2D eigenvalue weighted by molar-refractivity contribution is 0.105. The molecule has 2 aromatic rings. The van der Waals surface area contributed by atoms with Crippen molar-refractivity contribution < 1.29 is 9.21 Å². The van der Waals surface area contributed by atoms with Gasteiger partial charge in [-0.05, 0) is 31.0 Å². The second kappa shape index (κ2) is 3.14. The number of furan rings is 1. The zero-order chi connectivity index (χ0) is 10.3. The zero-order valence-corrected chi connectivity index (χ0v) is 8.68. The Bertz CT molecular complexity index is 511. The van der Waals surface area contributed by atoms with E-state index >= 15 is 0 Å². The van der Waals surface area contributed by atoms with Crippen LogP contribution in [0.4, 0.5) is 0 Å². The van der Waals surface area contributed by atoms with Gasteiger partial charge in [0.2, 0.25) is 0 Å². The van der Waals surface area contributed by atoms with Crippen LogP contribution in [0.15, 0.2) is 22.6 Å². The SMILES string of the molecule is Cc1c(C(=O)Cl)oc2c(C)cccc12. The second-order valence-corrected chi connectivity index (χ2v) is 3.62. The van der Waals surface area contributed by atoms with E-state index in [1.807, 2.05) is 32.0 Å². The van der Waals surface area contributed by atoms with Gasteiger partial charge in [0.25, 0.3) is 5.24 Å². The summed E-state index contributed by atoms with van der Waals surface area (Å²) in [6.07, 6.45) is 0. The summed E-state index contributed by atoms with van der Waals surface area (Å²) in [6, 6.07) is 5.79. The fourth-order valence-electron chi connectivity index (χ4n) is 1.57. The van der Waals surface area contributed by atoms with E-state index in [4.69, 9.17) is 16.0 Å². The normalized spacial score (nSPS) is 10.8. The van der Waals surface area contributed by atoms with Crippen molar-refractivity contribution in [2.24, 2.45) is 0 Å². The van der Waals surface area contributed by atoms with Crippen LogP contribution < -0.4 is 0 Å². The molecule has 0 saturated carbocycles. The van der Waals surface area contributed by atoms with E-state index < -0.39 is 5.24 Å². The third-order valence-corrected chi connectivity index (χ3v) is 2.51. The molecule has 0 aliphatic carbocycles. The van der Waals surface area contributed by atoms with Gasteiger partial charge in [0.1, 0.15) is 5.58 Å². The Morgan fingerprint density at radius 2 is 2.07 bits per heavy atom. The van der Waals surface area contributed by atoms with Crippen LogP contribution in [-0.2, 0) is 0 Å². The molecular weight excluding hydrogens is 200 g/mol. The largest absolute Gasteiger partial charge is 0.451 e. The number of fused-ring (bicyclic) bond motifs is 1. The van der Waals surface area contributed by atoms with Crippen LogP contribution in [0.2, 0.25) is 0 Å². The van der Waals surface area contributed by atoms with Crippen LogP contribution in [0.3, 0.4) is 0 Å². The minimum Gasteiger partial charge on any atom is -0.451 e. The van der Waals surface area contributed by atoms with Crippen molar-refractivity contribution in [1.29, 1.82) is 0 Å². The maximum atomic E-state index is 11.0. The molecule has 0 amide bonds. The van der Waals surface area contributed by atoms with Gasteiger partial charge in [0, 0.05) is 10.9 Å². The number of carbonyl (C=O) groups is 1. The molecule has 0 aliphatic rings. The number of para-hydroxylation sites is 1. The molecule has 0 aliphatic heterocycles. The average molecular weight is 209 g/mol. The molecule has 0 unspecified atom stereocenters. The van der Waals surface area contributed by atoms with Gasteiger partial charge in [0.15, 0.2) is 5.76 Å². The summed E-state index contributed by atoms with van der Waals surface area (Å²) < 4.78 is 5.41. The predicted molar refractivity (Wildman–Crippen MR) is 55.9 cm³/mol. The van der Waals surface area contributed by atoms with Crippen molar-refractivity contribution in [3.8, 4) is 0 Å². The Morgan fingerprint density at radius 1 is 1.36 bits per heavy atom. The molecular formula is C11H9ClO2. The summed E-state index contributed by atoms with van der Waals surface area (Å²) in [5, 5.41) is 0.409. The van der Waals surface area contributed by atoms with E-state index in [1.165, 1.54) is 0 Å².